The number of anilines is 1. The molecule has 0 atom stereocenters. The minimum absolute atomic E-state index is 0.291. The lowest BCUT2D eigenvalue weighted by Gasteiger charge is -2.19. The van der Waals surface area contributed by atoms with Crippen molar-refractivity contribution in [2.24, 2.45) is 4.99 Å². The third-order valence-corrected chi connectivity index (χ3v) is 4.05. The molecule has 0 bridgehead atoms. The van der Waals surface area contributed by atoms with Crippen LogP contribution in [0.2, 0.25) is 5.02 Å². The van der Waals surface area contributed by atoms with E-state index in [2.05, 4.69) is 10.3 Å². The van der Waals surface area contributed by atoms with E-state index in [0.29, 0.717) is 35.2 Å². The predicted octanol–water partition coefficient (Wildman–Crippen LogP) is 3.24. The van der Waals surface area contributed by atoms with Crippen LogP contribution in [0.3, 0.4) is 0 Å². The van der Waals surface area contributed by atoms with E-state index in [1.807, 2.05) is 30.3 Å². The second kappa shape index (κ2) is 5.45. The summed E-state index contributed by atoms with van der Waals surface area (Å²) in [5.74, 6) is -1.61. The van der Waals surface area contributed by atoms with Crippen molar-refractivity contribution < 1.29 is 14.3 Å². The molecule has 5 nitrogen and oxygen atoms in total. The van der Waals surface area contributed by atoms with E-state index in [1.54, 1.807) is 18.3 Å². The van der Waals surface area contributed by atoms with Crippen LogP contribution in [-0.4, -0.2) is 25.3 Å². The number of carbonyl (C=O) groups excluding carboxylic acids is 1. The third-order valence-electron chi connectivity index (χ3n) is 3.81. The second-order valence-electron chi connectivity index (χ2n) is 5.31. The lowest BCUT2D eigenvalue weighted by Crippen LogP contribution is -2.35. The maximum atomic E-state index is 12.2. The molecule has 2 aromatic rings. The monoisotopic (exact) mass is 328 g/mol. The molecule has 2 aliphatic heterocycles. The number of hydrogen-bond acceptors (Lipinski definition) is 4. The average molecular weight is 329 g/mol. The van der Waals surface area contributed by atoms with Gasteiger partial charge in [-0.1, -0.05) is 23.7 Å². The fraction of sp³-hybridized carbons (Fsp3) is 0.176. The zero-order valence-electron chi connectivity index (χ0n) is 12.1. The maximum absolute atomic E-state index is 12.2. The highest BCUT2D eigenvalue weighted by Gasteiger charge is 2.52. The number of amides is 1. The zero-order chi connectivity index (χ0) is 15.9. The molecule has 1 saturated heterocycles. The molecule has 23 heavy (non-hydrogen) atoms. The first-order valence-electron chi connectivity index (χ1n) is 7.21. The van der Waals surface area contributed by atoms with Crippen molar-refractivity contribution >= 4 is 35.1 Å². The second-order valence-corrected chi connectivity index (χ2v) is 5.75. The molecule has 0 radical (unpaired) electrons. The number of halogens is 1. The van der Waals surface area contributed by atoms with Crippen LogP contribution < -0.4 is 5.32 Å². The molecule has 2 heterocycles. The van der Waals surface area contributed by atoms with E-state index in [4.69, 9.17) is 21.1 Å². The number of nitrogens with one attached hydrogen (secondary N) is 1. The summed E-state index contributed by atoms with van der Waals surface area (Å²) in [5, 5.41) is 3.44. The van der Waals surface area contributed by atoms with Crippen molar-refractivity contribution in [3.05, 3.63) is 58.6 Å². The van der Waals surface area contributed by atoms with E-state index < -0.39 is 5.79 Å². The smallest absolute Gasteiger partial charge is 0.289 e. The van der Waals surface area contributed by atoms with E-state index >= 15 is 0 Å². The van der Waals surface area contributed by atoms with Crippen molar-refractivity contribution in [3.63, 3.8) is 0 Å². The molecule has 6 heteroatoms. The van der Waals surface area contributed by atoms with E-state index in [-0.39, 0.29) is 5.91 Å². The van der Waals surface area contributed by atoms with Gasteiger partial charge in [-0.25, -0.2) is 0 Å². The minimum Gasteiger partial charge on any atom is -0.336 e. The van der Waals surface area contributed by atoms with Crippen LogP contribution in [0.1, 0.15) is 11.1 Å². The van der Waals surface area contributed by atoms with Gasteiger partial charge in [0.25, 0.3) is 11.7 Å². The molecule has 1 spiro atoms. The lowest BCUT2D eigenvalue weighted by molar-refractivity contribution is -0.178. The van der Waals surface area contributed by atoms with Gasteiger partial charge in [-0.05, 0) is 35.9 Å². The van der Waals surface area contributed by atoms with Gasteiger partial charge in [-0.15, -0.1) is 0 Å². The Balaban J connectivity index is 1.68. The summed E-state index contributed by atoms with van der Waals surface area (Å²) in [6, 6.07) is 12.9. The summed E-state index contributed by atoms with van der Waals surface area (Å²) in [6.45, 7) is 0.783. The average Bonchev–Trinajstić information content (AvgIpc) is 3.14. The summed E-state index contributed by atoms with van der Waals surface area (Å²) >= 11 is 5.96. The molecule has 0 aromatic heterocycles. The fourth-order valence-corrected chi connectivity index (χ4v) is 2.95. The van der Waals surface area contributed by atoms with Crippen molar-refractivity contribution in [2.75, 3.05) is 18.5 Å². The van der Waals surface area contributed by atoms with E-state index in [9.17, 15) is 4.79 Å². The van der Waals surface area contributed by atoms with Crippen LogP contribution in [0.25, 0.3) is 0 Å². The van der Waals surface area contributed by atoms with Crippen LogP contribution >= 0.6 is 11.6 Å². The Morgan fingerprint density at radius 3 is 2.78 bits per heavy atom. The quantitative estimate of drug-likeness (QED) is 0.861. The minimum atomic E-state index is -1.32. The highest BCUT2D eigenvalue weighted by atomic mass is 35.5. The summed E-state index contributed by atoms with van der Waals surface area (Å²) in [4.78, 5) is 16.6. The molecule has 1 amide bonds. The standard InChI is InChI=1S/C17H13ClN2O3/c18-12-3-1-2-11(8-12)10-19-13-4-5-15-14(9-13)17(16(21)20-15)22-6-7-23-17/h1-5,8-10H,6-7H2,(H,20,21). The molecule has 0 unspecified atom stereocenters. The number of rotatable bonds is 2. The Labute approximate surface area is 137 Å². The number of carbonyl (C=O) groups is 1. The first-order chi connectivity index (χ1) is 11.2. The van der Waals surface area contributed by atoms with Gasteiger partial charge in [-0.2, -0.15) is 0 Å². The Morgan fingerprint density at radius 2 is 2.00 bits per heavy atom. The highest BCUT2D eigenvalue weighted by Crippen LogP contribution is 2.43. The van der Waals surface area contributed by atoms with Crippen LogP contribution in [0.4, 0.5) is 11.4 Å². The van der Waals surface area contributed by atoms with E-state index in [1.165, 1.54) is 0 Å². The number of nitrogens with zero attached hydrogens (tertiary/aromatic N) is 1. The van der Waals surface area contributed by atoms with Gasteiger partial charge in [0, 0.05) is 16.8 Å². The number of fused-ring (bicyclic) bond motifs is 2. The largest absolute Gasteiger partial charge is 0.336 e. The topological polar surface area (TPSA) is 59.9 Å². The molecular weight excluding hydrogens is 316 g/mol. The van der Waals surface area contributed by atoms with Crippen LogP contribution in [-0.2, 0) is 20.1 Å². The third kappa shape index (κ3) is 2.43. The van der Waals surface area contributed by atoms with Gasteiger partial charge in [0.05, 0.1) is 24.6 Å². The van der Waals surface area contributed by atoms with Gasteiger partial charge in [-0.3, -0.25) is 9.79 Å². The molecule has 2 aromatic carbocycles. The number of hydrogen-bond donors (Lipinski definition) is 1. The Bertz CT molecular complexity index is 813. The van der Waals surface area contributed by atoms with E-state index in [0.717, 1.165) is 5.56 Å². The summed E-state index contributed by atoms with van der Waals surface area (Å²) in [6.07, 6.45) is 1.72. The van der Waals surface area contributed by atoms with Crippen LogP contribution in [0.15, 0.2) is 47.5 Å². The lowest BCUT2D eigenvalue weighted by atomic mass is 10.1. The number of ether oxygens (including phenoxy) is 2. The number of benzene rings is 2. The summed E-state index contributed by atoms with van der Waals surface area (Å²) < 4.78 is 11.1. The van der Waals surface area contributed by atoms with Crippen molar-refractivity contribution in [2.45, 2.75) is 5.79 Å². The summed E-state index contributed by atoms with van der Waals surface area (Å²) in [7, 11) is 0. The molecule has 0 saturated carbocycles. The van der Waals surface area contributed by atoms with Crippen molar-refractivity contribution in [1.82, 2.24) is 0 Å². The highest BCUT2D eigenvalue weighted by molar-refractivity contribution is 6.30. The van der Waals surface area contributed by atoms with Crippen molar-refractivity contribution in [3.8, 4) is 0 Å². The fourth-order valence-electron chi connectivity index (χ4n) is 2.76. The molecule has 4 rings (SSSR count). The molecule has 116 valence electrons. The zero-order valence-corrected chi connectivity index (χ0v) is 12.8. The van der Waals surface area contributed by atoms with Gasteiger partial charge in [0.15, 0.2) is 0 Å². The SMILES string of the molecule is O=C1Nc2ccc(N=Cc3cccc(Cl)c3)cc2C12OCCO2. The molecule has 1 N–H and O–H groups in total. The Morgan fingerprint density at radius 1 is 1.17 bits per heavy atom. The van der Waals surface area contributed by atoms with Crippen LogP contribution in [0, 0.1) is 0 Å². The van der Waals surface area contributed by atoms with Crippen LogP contribution in [0.5, 0.6) is 0 Å². The Kier molecular flexibility index (Phi) is 3.41. The molecule has 0 aliphatic carbocycles. The first-order valence-corrected chi connectivity index (χ1v) is 7.59. The van der Waals surface area contributed by atoms with Crippen molar-refractivity contribution in [1.29, 1.82) is 0 Å². The number of aliphatic imine (C=N–C) groups is 1. The molecular formula is C17H13ClN2O3. The van der Waals surface area contributed by atoms with Gasteiger partial charge in [0.1, 0.15) is 0 Å². The first kappa shape index (κ1) is 14.4. The predicted molar refractivity (Wildman–Crippen MR) is 87.4 cm³/mol. The maximum Gasteiger partial charge on any atom is 0.289 e. The van der Waals surface area contributed by atoms with Gasteiger partial charge in [0.2, 0.25) is 0 Å². The van der Waals surface area contributed by atoms with Gasteiger partial charge < -0.3 is 14.8 Å². The molecule has 2 aliphatic rings. The Hall–Kier alpha value is -2.21. The van der Waals surface area contributed by atoms with Gasteiger partial charge >= 0.3 is 0 Å². The summed E-state index contributed by atoms with van der Waals surface area (Å²) in [5.41, 5.74) is 2.97. The molecule has 1 fully saturated rings. The normalized spacial score (nSPS) is 18.6.